The van der Waals surface area contributed by atoms with Gasteiger partial charge in [0, 0.05) is 17.8 Å². The predicted octanol–water partition coefficient (Wildman–Crippen LogP) is 4.04. The van der Waals surface area contributed by atoms with Crippen molar-refractivity contribution in [2.75, 3.05) is 19.7 Å². The van der Waals surface area contributed by atoms with Gasteiger partial charge in [-0.3, -0.25) is 4.79 Å². The monoisotopic (exact) mass is 372 g/mol. The SMILES string of the molecule is CC(C)c1ccc(/C(=C\CN2CCOC2=O)c2ccc(Cl)c(=O)[nH]2)cc1. The van der Waals surface area contributed by atoms with E-state index in [1.54, 1.807) is 17.0 Å². The van der Waals surface area contributed by atoms with Crippen molar-refractivity contribution in [2.24, 2.45) is 0 Å². The molecule has 0 bridgehead atoms. The van der Waals surface area contributed by atoms with Gasteiger partial charge < -0.3 is 14.6 Å². The van der Waals surface area contributed by atoms with Gasteiger partial charge in [-0.25, -0.2) is 4.79 Å². The third kappa shape index (κ3) is 3.99. The zero-order valence-corrected chi connectivity index (χ0v) is 15.5. The standard InChI is InChI=1S/C20H21ClN2O3/c1-13(2)14-3-5-15(6-4-14)16(9-10-23-11-12-26-20(23)25)18-8-7-17(21)19(24)22-18/h3-9,13H,10-12H2,1-2H3,(H,22,24)/b16-9+. The number of benzene rings is 1. The van der Waals surface area contributed by atoms with Crippen LogP contribution in [-0.4, -0.2) is 35.7 Å². The number of cyclic esters (lactones) is 1. The molecule has 1 aromatic heterocycles. The lowest BCUT2D eigenvalue weighted by Gasteiger charge is -2.14. The summed E-state index contributed by atoms with van der Waals surface area (Å²) >= 11 is 5.85. The second-order valence-corrected chi connectivity index (χ2v) is 6.91. The highest BCUT2D eigenvalue weighted by molar-refractivity contribution is 6.30. The number of pyridine rings is 1. The molecule has 1 saturated heterocycles. The summed E-state index contributed by atoms with van der Waals surface area (Å²) in [6.07, 6.45) is 1.61. The van der Waals surface area contributed by atoms with E-state index in [2.05, 4.69) is 31.0 Å². The van der Waals surface area contributed by atoms with Gasteiger partial charge in [-0.05, 0) is 29.2 Å². The zero-order chi connectivity index (χ0) is 18.7. The van der Waals surface area contributed by atoms with Crippen LogP contribution in [0.25, 0.3) is 5.57 Å². The van der Waals surface area contributed by atoms with Crippen molar-refractivity contribution in [3.05, 3.63) is 74.7 Å². The number of hydrogen-bond acceptors (Lipinski definition) is 3. The molecule has 26 heavy (non-hydrogen) atoms. The molecule has 1 aliphatic rings. The van der Waals surface area contributed by atoms with Gasteiger partial charge in [0.25, 0.3) is 5.56 Å². The van der Waals surface area contributed by atoms with Crippen molar-refractivity contribution in [3.8, 4) is 0 Å². The molecule has 136 valence electrons. The van der Waals surface area contributed by atoms with Crippen molar-refractivity contribution in [3.63, 3.8) is 0 Å². The van der Waals surface area contributed by atoms with Gasteiger partial charge in [0.05, 0.1) is 6.54 Å². The third-order valence-electron chi connectivity index (χ3n) is 4.40. The quantitative estimate of drug-likeness (QED) is 0.861. The fourth-order valence-electron chi connectivity index (χ4n) is 2.84. The maximum atomic E-state index is 11.9. The second kappa shape index (κ2) is 7.79. The maximum absolute atomic E-state index is 11.9. The van der Waals surface area contributed by atoms with Crippen LogP contribution in [0.1, 0.15) is 36.6 Å². The molecule has 6 heteroatoms. The smallest absolute Gasteiger partial charge is 0.410 e. The number of carbonyl (C=O) groups is 1. The molecular weight excluding hydrogens is 352 g/mol. The van der Waals surface area contributed by atoms with Crippen LogP contribution in [0.5, 0.6) is 0 Å². The Labute approximate surface area is 157 Å². The lowest BCUT2D eigenvalue weighted by Crippen LogP contribution is -2.24. The number of rotatable bonds is 5. The van der Waals surface area contributed by atoms with Gasteiger partial charge in [-0.15, -0.1) is 0 Å². The summed E-state index contributed by atoms with van der Waals surface area (Å²) in [6.45, 7) is 5.66. The molecule has 1 aromatic carbocycles. The summed E-state index contributed by atoms with van der Waals surface area (Å²) in [5.74, 6) is 0.436. The van der Waals surface area contributed by atoms with Crippen LogP contribution in [0, 0.1) is 0 Å². The normalized spacial score (nSPS) is 14.8. The topological polar surface area (TPSA) is 62.4 Å². The molecule has 1 aliphatic heterocycles. The Kier molecular flexibility index (Phi) is 5.47. The van der Waals surface area contributed by atoms with E-state index in [0.717, 1.165) is 11.1 Å². The number of ether oxygens (including phenoxy) is 1. The Bertz CT molecular complexity index is 885. The Hall–Kier alpha value is -2.53. The number of nitrogens with one attached hydrogen (secondary N) is 1. The molecule has 1 amide bonds. The van der Waals surface area contributed by atoms with Gasteiger partial charge in [0.15, 0.2) is 0 Å². The number of aromatic nitrogens is 1. The molecular formula is C20H21ClN2O3. The van der Waals surface area contributed by atoms with Crippen LogP contribution in [0.3, 0.4) is 0 Å². The Morgan fingerprint density at radius 1 is 1.23 bits per heavy atom. The number of carbonyl (C=O) groups excluding carboxylic acids is 1. The van der Waals surface area contributed by atoms with E-state index in [4.69, 9.17) is 16.3 Å². The van der Waals surface area contributed by atoms with Crippen molar-refractivity contribution < 1.29 is 9.53 Å². The maximum Gasteiger partial charge on any atom is 0.410 e. The van der Waals surface area contributed by atoms with E-state index in [0.29, 0.717) is 31.3 Å². The predicted molar refractivity (Wildman–Crippen MR) is 103 cm³/mol. The number of hydrogen-bond donors (Lipinski definition) is 1. The summed E-state index contributed by atoms with van der Waals surface area (Å²) in [6, 6.07) is 11.6. The minimum absolute atomic E-state index is 0.145. The fourth-order valence-corrected chi connectivity index (χ4v) is 2.95. The van der Waals surface area contributed by atoms with Crippen LogP contribution in [0.15, 0.2) is 47.3 Å². The summed E-state index contributed by atoms with van der Waals surface area (Å²) in [5.41, 5.74) is 3.35. The van der Waals surface area contributed by atoms with E-state index >= 15 is 0 Å². The van der Waals surface area contributed by atoms with Crippen LogP contribution in [-0.2, 0) is 4.74 Å². The summed E-state index contributed by atoms with van der Waals surface area (Å²) in [5, 5.41) is 0.145. The molecule has 5 nitrogen and oxygen atoms in total. The first kappa shape index (κ1) is 18.3. The number of amides is 1. The highest BCUT2D eigenvalue weighted by atomic mass is 35.5. The summed E-state index contributed by atoms with van der Waals surface area (Å²) < 4.78 is 4.97. The number of nitrogens with zero attached hydrogens (tertiary/aromatic N) is 1. The Morgan fingerprint density at radius 3 is 2.54 bits per heavy atom. The second-order valence-electron chi connectivity index (χ2n) is 6.50. The highest BCUT2D eigenvalue weighted by Crippen LogP contribution is 2.24. The van der Waals surface area contributed by atoms with Crippen LogP contribution in [0.2, 0.25) is 5.02 Å². The first-order chi connectivity index (χ1) is 12.5. The molecule has 2 heterocycles. The van der Waals surface area contributed by atoms with Crippen molar-refractivity contribution in [2.45, 2.75) is 19.8 Å². The van der Waals surface area contributed by atoms with Gasteiger partial charge in [0.2, 0.25) is 0 Å². The summed E-state index contributed by atoms with van der Waals surface area (Å²) in [4.78, 5) is 28.0. The third-order valence-corrected chi connectivity index (χ3v) is 4.70. The number of aromatic amines is 1. The minimum Gasteiger partial charge on any atom is -0.448 e. The highest BCUT2D eigenvalue weighted by Gasteiger charge is 2.21. The van der Waals surface area contributed by atoms with Gasteiger partial charge in [-0.1, -0.05) is 55.8 Å². The molecule has 0 atom stereocenters. The van der Waals surface area contributed by atoms with E-state index in [1.165, 1.54) is 5.56 Å². The molecule has 0 spiro atoms. The molecule has 0 saturated carbocycles. The van der Waals surface area contributed by atoms with E-state index in [-0.39, 0.29) is 16.7 Å². The average molecular weight is 373 g/mol. The molecule has 0 aliphatic carbocycles. The molecule has 2 aromatic rings. The van der Waals surface area contributed by atoms with Crippen molar-refractivity contribution in [1.82, 2.24) is 9.88 Å². The zero-order valence-electron chi connectivity index (χ0n) is 14.8. The van der Waals surface area contributed by atoms with Crippen LogP contribution < -0.4 is 5.56 Å². The number of H-pyrrole nitrogens is 1. The average Bonchev–Trinajstić information content (AvgIpc) is 3.03. The van der Waals surface area contributed by atoms with Crippen molar-refractivity contribution in [1.29, 1.82) is 0 Å². The van der Waals surface area contributed by atoms with E-state index in [1.807, 2.05) is 18.2 Å². The lowest BCUT2D eigenvalue weighted by molar-refractivity contribution is 0.161. The van der Waals surface area contributed by atoms with E-state index in [9.17, 15) is 9.59 Å². The van der Waals surface area contributed by atoms with Crippen LogP contribution in [0.4, 0.5) is 4.79 Å². The Balaban J connectivity index is 1.98. The molecule has 1 N–H and O–H groups in total. The van der Waals surface area contributed by atoms with Gasteiger partial charge in [-0.2, -0.15) is 0 Å². The van der Waals surface area contributed by atoms with Crippen molar-refractivity contribution >= 4 is 23.3 Å². The lowest BCUT2D eigenvalue weighted by atomic mass is 9.97. The largest absolute Gasteiger partial charge is 0.448 e. The van der Waals surface area contributed by atoms with E-state index < -0.39 is 0 Å². The van der Waals surface area contributed by atoms with Crippen LogP contribution >= 0.6 is 11.6 Å². The minimum atomic E-state index is -0.338. The molecule has 3 rings (SSSR count). The first-order valence-corrected chi connectivity index (χ1v) is 8.95. The Morgan fingerprint density at radius 2 is 1.96 bits per heavy atom. The number of halogens is 1. The fraction of sp³-hybridized carbons (Fsp3) is 0.300. The summed E-state index contributed by atoms with van der Waals surface area (Å²) in [7, 11) is 0. The van der Waals surface area contributed by atoms with Gasteiger partial charge >= 0.3 is 6.09 Å². The molecule has 1 fully saturated rings. The first-order valence-electron chi connectivity index (χ1n) is 8.57. The molecule has 0 radical (unpaired) electrons. The molecule has 0 unspecified atom stereocenters. The van der Waals surface area contributed by atoms with Gasteiger partial charge in [0.1, 0.15) is 11.6 Å².